The molecule has 0 bridgehead atoms. The van der Waals surface area contributed by atoms with Gasteiger partial charge >= 0.3 is 6.09 Å². The van der Waals surface area contributed by atoms with E-state index in [0.29, 0.717) is 58.0 Å². The Bertz CT molecular complexity index is 1150. The van der Waals surface area contributed by atoms with Gasteiger partial charge in [-0.05, 0) is 57.2 Å². The average molecular weight is 490 g/mol. The number of amides is 2. The van der Waals surface area contributed by atoms with Crippen molar-refractivity contribution in [2.75, 3.05) is 24.7 Å². The van der Waals surface area contributed by atoms with E-state index in [1.807, 2.05) is 0 Å². The molecule has 0 unspecified atom stereocenters. The number of imide groups is 1. The Morgan fingerprint density at radius 2 is 1.82 bits per heavy atom. The van der Waals surface area contributed by atoms with Crippen LogP contribution in [0.4, 0.5) is 10.5 Å². The fourth-order valence-electron chi connectivity index (χ4n) is 3.60. The summed E-state index contributed by atoms with van der Waals surface area (Å²) in [6.07, 6.45) is 0.917. The number of hydrogen-bond donors (Lipinski definition) is 0. The second-order valence-corrected chi connectivity index (χ2v) is 10.5. The van der Waals surface area contributed by atoms with Gasteiger partial charge in [-0.2, -0.15) is 0 Å². The van der Waals surface area contributed by atoms with Gasteiger partial charge in [-0.15, -0.1) is 0 Å². The van der Waals surface area contributed by atoms with Crippen molar-refractivity contribution in [1.29, 1.82) is 0 Å². The number of carbonyl (C=O) groups excluding carboxylic acids is 2. The molecule has 2 aliphatic rings. The van der Waals surface area contributed by atoms with Crippen molar-refractivity contribution in [2.24, 2.45) is 5.41 Å². The second kappa shape index (κ2) is 8.67. The van der Waals surface area contributed by atoms with E-state index in [1.165, 1.54) is 0 Å². The number of benzene rings is 2. The standard InChI is InChI=1S/C25H25Cl2NO5/c1-24(2,3)33-23(30)28-20-11-17(27)5-7-18(20)19(22(28)29)10-15-9-16(26)6-8-21(15)32-14-25(4)12-31-13-25/h5-11H,12-14H2,1-4H3/b19-10+. The number of carbonyl (C=O) groups is 2. The Kier molecular flexibility index (Phi) is 6.20. The van der Waals surface area contributed by atoms with Gasteiger partial charge in [-0.3, -0.25) is 4.79 Å². The van der Waals surface area contributed by atoms with Crippen molar-refractivity contribution in [2.45, 2.75) is 33.3 Å². The molecule has 0 aliphatic carbocycles. The minimum Gasteiger partial charge on any atom is -0.492 e. The van der Waals surface area contributed by atoms with Crippen molar-refractivity contribution in [3.05, 3.63) is 57.6 Å². The third kappa shape index (κ3) is 5.03. The molecule has 174 valence electrons. The highest BCUT2D eigenvalue weighted by atomic mass is 35.5. The molecule has 4 rings (SSSR count). The van der Waals surface area contributed by atoms with E-state index in [2.05, 4.69) is 6.92 Å². The molecule has 0 radical (unpaired) electrons. The number of anilines is 1. The molecule has 8 heteroatoms. The van der Waals surface area contributed by atoms with Crippen molar-refractivity contribution >= 4 is 52.5 Å². The van der Waals surface area contributed by atoms with Crippen molar-refractivity contribution in [3.63, 3.8) is 0 Å². The zero-order chi connectivity index (χ0) is 24.0. The monoisotopic (exact) mass is 489 g/mol. The summed E-state index contributed by atoms with van der Waals surface area (Å²) in [6, 6.07) is 10.2. The molecule has 1 fully saturated rings. The van der Waals surface area contributed by atoms with E-state index in [4.69, 9.17) is 37.4 Å². The highest BCUT2D eigenvalue weighted by Crippen LogP contribution is 2.41. The zero-order valence-corrected chi connectivity index (χ0v) is 20.4. The lowest BCUT2D eigenvalue weighted by Crippen LogP contribution is -2.44. The van der Waals surface area contributed by atoms with Crippen LogP contribution in [0.5, 0.6) is 5.75 Å². The topological polar surface area (TPSA) is 65.1 Å². The second-order valence-electron chi connectivity index (χ2n) is 9.61. The van der Waals surface area contributed by atoms with Gasteiger partial charge < -0.3 is 14.2 Å². The molecule has 1 saturated heterocycles. The Morgan fingerprint density at radius 1 is 1.15 bits per heavy atom. The molecule has 2 aromatic carbocycles. The minimum atomic E-state index is -0.766. The number of rotatable bonds is 4. The Labute approximate surface area is 203 Å². The fourth-order valence-corrected chi connectivity index (χ4v) is 3.94. The molecule has 2 aliphatic heterocycles. The van der Waals surface area contributed by atoms with Crippen LogP contribution in [-0.2, 0) is 14.3 Å². The molecule has 0 aromatic heterocycles. The van der Waals surface area contributed by atoms with Gasteiger partial charge in [-0.1, -0.05) is 36.2 Å². The highest BCUT2D eigenvalue weighted by Gasteiger charge is 2.39. The van der Waals surface area contributed by atoms with Gasteiger partial charge in [0.25, 0.3) is 5.91 Å². The van der Waals surface area contributed by atoms with Crippen LogP contribution in [0.1, 0.15) is 38.8 Å². The van der Waals surface area contributed by atoms with Gasteiger partial charge in [0.15, 0.2) is 0 Å². The van der Waals surface area contributed by atoms with E-state index in [1.54, 1.807) is 63.2 Å². The van der Waals surface area contributed by atoms with Crippen molar-refractivity contribution in [1.82, 2.24) is 0 Å². The van der Waals surface area contributed by atoms with Crippen LogP contribution in [0, 0.1) is 5.41 Å². The van der Waals surface area contributed by atoms with E-state index >= 15 is 0 Å². The number of hydrogen-bond acceptors (Lipinski definition) is 5. The molecule has 0 saturated carbocycles. The highest BCUT2D eigenvalue weighted by molar-refractivity contribution is 6.42. The number of halogens is 2. The summed E-state index contributed by atoms with van der Waals surface area (Å²) in [4.78, 5) is 27.3. The first-order chi connectivity index (χ1) is 15.5. The van der Waals surface area contributed by atoms with E-state index in [0.717, 1.165) is 4.90 Å². The summed E-state index contributed by atoms with van der Waals surface area (Å²) in [5.74, 6) is 0.0749. The van der Waals surface area contributed by atoms with E-state index in [-0.39, 0.29) is 5.41 Å². The van der Waals surface area contributed by atoms with Crippen molar-refractivity contribution in [3.8, 4) is 5.75 Å². The van der Waals surface area contributed by atoms with Crippen LogP contribution in [-0.4, -0.2) is 37.4 Å². The van der Waals surface area contributed by atoms with Gasteiger partial charge in [0.2, 0.25) is 0 Å². The number of nitrogens with zero attached hydrogens (tertiary/aromatic N) is 1. The molecule has 0 atom stereocenters. The van der Waals surface area contributed by atoms with Crippen LogP contribution < -0.4 is 9.64 Å². The molecule has 2 heterocycles. The zero-order valence-electron chi connectivity index (χ0n) is 18.9. The molecule has 6 nitrogen and oxygen atoms in total. The first-order valence-electron chi connectivity index (χ1n) is 10.5. The van der Waals surface area contributed by atoms with Gasteiger partial charge in [-0.25, -0.2) is 9.69 Å². The van der Waals surface area contributed by atoms with Crippen molar-refractivity contribution < 1.29 is 23.8 Å². The fraction of sp³-hybridized carbons (Fsp3) is 0.360. The summed E-state index contributed by atoms with van der Waals surface area (Å²) >= 11 is 12.4. The van der Waals surface area contributed by atoms with E-state index < -0.39 is 17.6 Å². The lowest BCUT2D eigenvalue weighted by molar-refractivity contribution is -0.120. The quantitative estimate of drug-likeness (QED) is 0.476. The lowest BCUT2D eigenvalue weighted by atomic mass is 9.90. The van der Waals surface area contributed by atoms with Crippen LogP contribution in [0.3, 0.4) is 0 Å². The average Bonchev–Trinajstić information content (AvgIpc) is 2.95. The normalized spacial score (nSPS) is 18.2. The molecular weight excluding hydrogens is 465 g/mol. The smallest absolute Gasteiger partial charge is 0.422 e. The summed E-state index contributed by atoms with van der Waals surface area (Å²) in [5.41, 5.74) is 1.07. The SMILES string of the molecule is CC1(COc2ccc(Cl)cc2/C=C2/C(=O)N(C(=O)OC(C)(C)C)c3cc(Cl)ccc32)COC1. The van der Waals surface area contributed by atoms with Crippen LogP contribution in [0.25, 0.3) is 11.6 Å². The molecule has 2 aromatic rings. The third-order valence-electron chi connectivity index (χ3n) is 5.25. The summed E-state index contributed by atoms with van der Waals surface area (Å²) in [7, 11) is 0. The van der Waals surface area contributed by atoms with Crippen LogP contribution >= 0.6 is 23.2 Å². The van der Waals surface area contributed by atoms with E-state index in [9.17, 15) is 9.59 Å². The lowest BCUT2D eigenvalue weighted by Gasteiger charge is -2.37. The molecular formula is C25H25Cl2NO5. The van der Waals surface area contributed by atoms with Gasteiger partial charge in [0.05, 0.1) is 31.1 Å². The first-order valence-corrected chi connectivity index (χ1v) is 11.3. The Morgan fingerprint density at radius 3 is 2.45 bits per heavy atom. The van der Waals surface area contributed by atoms with Gasteiger partial charge in [0.1, 0.15) is 11.4 Å². The Hall–Kier alpha value is -2.54. The maximum atomic E-state index is 13.4. The third-order valence-corrected chi connectivity index (χ3v) is 5.72. The summed E-state index contributed by atoms with van der Waals surface area (Å²) in [6.45, 7) is 9.04. The minimum absolute atomic E-state index is 0.0515. The van der Waals surface area contributed by atoms with Crippen LogP contribution in [0.2, 0.25) is 10.0 Å². The predicted octanol–water partition coefficient (Wildman–Crippen LogP) is 6.23. The first kappa shape index (κ1) is 23.6. The summed E-state index contributed by atoms with van der Waals surface area (Å²) in [5, 5.41) is 0.900. The molecule has 2 amide bonds. The largest absolute Gasteiger partial charge is 0.492 e. The molecule has 0 N–H and O–H groups in total. The van der Waals surface area contributed by atoms with Crippen LogP contribution in [0.15, 0.2) is 36.4 Å². The summed E-state index contributed by atoms with van der Waals surface area (Å²) < 4.78 is 16.8. The number of ether oxygens (including phenoxy) is 3. The maximum Gasteiger partial charge on any atom is 0.422 e. The maximum absolute atomic E-state index is 13.4. The molecule has 0 spiro atoms. The molecule has 33 heavy (non-hydrogen) atoms. The van der Waals surface area contributed by atoms with Gasteiger partial charge in [0, 0.05) is 26.6 Å². The number of fused-ring (bicyclic) bond motifs is 1. The predicted molar refractivity (Wildman–Crippen MR) is 129 cm³/mol. The Balaban J connectivity index is 1.73.